The number of esters is 1. The van der Waals surface area contributed by atoms with Gasteiger partial charge in [0.05, 0.1) is 37.2 Å². The lowest BCUT2D eigenvalue weighted by atomic mass is 9.70. The van der Waals surface area contributed by atoms with Crippen LogP contribution in [0.25, 0.3) is 0 Å². The van der Waals surface area contributed by atoms with Gasteiger partial charge in [0.25, 0.3) is 0 Å². The van der Waals surface area contributed by atoms with Crippen LogP contribution in [0.15, 0.2) is 25.3 Å². The van der Waals surface area contributed by atoms with Gasteiger partial charge in [-0.05, 0) is 40.0 Å². The summed E-state index contributed by atoms with van der Waals surface area (Å²) in [6.45, 7) is 13.1. The summed E-state index contributed by atoms with van der Waals surface area (Å²) in [6, 6.07) is -1.59. The Morgan fingerprint density at radius 1 is 1.35 bits per heavy atom. The van der Waals surface area contributed by atoms with Crippen LogP contribution in [-0.2, 0) is 23.9 Å². The van der Waals surface area contributed by atoms with Gasteiger partial charge < -0.3 is 24.4 Å². The highest BCUT2D eigenvalue weighted by molar-refractivity contribution is 5.98. The van der Waals surface area contributed by atoms with E-state index in [4.69, 9.17) is 9.47 Å². The van der Waals surface area contributed by atoms with Crippen molar-refractivity contribution in [3.8, 4) is 0 Å². The van der Waals surface area contributed by atoms with E-state index in [1.807, 2.05) is 13.8 Å². The Labute approximate surface area is 183 Å². The van der Waals surface area contributed by atoms with Crippen LogP contribution in [0.3, 0.4) is 0 Å². The summed E-state index contributed by atoms with van der Waals surface area (Å²) in [5.74, 6) is -2.57. The van der Waals surface area contributed by atoms with Crippen molar-refractivity contribution in [2.45, 2.75) is 69.9 Å². The molecule has 8 heteroatoms. The molecule has 3 aliphatic heterocycles. The summed E-state index contributed by atoms with van der Waals surface area (Å²) in [7, 11) is 0. The van der Waals surface area contributed by atoms with Crippen molar-refractivity contribution in [1.29, 1.82) is 0 Å². The number of amides is 2. The third kappa shape index (κ3) is 3.69. The van der Waals surface area contributed by atoms with Crippen LogP contribution in [0.1, 0.15) is 40.0 Å². The highest BCUT2D eigenvalue weighted by Gasteiger charge is 2.75. The van der Waals surface area contributed by atoms with Crippen LogP contribution in [0, 0.1) is 11.8 Å². The number of aliphatic hydroxyl groups excluding tert-OH is 1. The third-order valence-corrected chi connectivity index (χ3v) is 6.78. The summed E-state index contributed by atoms with van der Waals surface area (Å²) in [5.41, 5.74) is -1.08. The van der Waals surface area contributed by atoms with E-state index < -0.39 is 41.6 Å². The van der Waals surface area contributed by atoms with E-state index in [0.29, 0.717) is 25.8 Å². The summed E-state index contributed by atoms with van der Waals surface area (Å²) in [4.78, 5) is 43.4. The minimum Gasteiger partial charge on any atom is -0.465 e. The first kappa shape index (κ1) is 23.5. The van der Waals surface area contributed by atoms with Crippen molar-refractivity contribution in [3.63, 3.8) is 0 Å². The van der Waals surface area contributed by atoms with Gasteiger partial charge in [0.2, 0.25) is 11.8 Å². The molecule has 8 nitrogen and oxygen atoms in total. The number of carbonyl (C=O) groups excluding carboxylic acids is 3. The average molecular weight is 435 g/mol. The summed E-state index contributed by atoms with van der Waals surface area (Å²) in [6.07, 6.45) is 4.48. The van der Waals surface area contributed by atoms with E-state index in [1.54, 1.807) is 24.0 Å². The number of hydrogen-bond acceptors (Lipinski definition) is 6. The van der Waals surface area contributed by atoms with Gasteiger partial charge in [-0.25, -0.2) is 0 Å². The standard InChI is InChI=1S/C23H34N2O6/c1-6-8-12-30-22(29)17-16-9-10-23(31-16)18(17)20(27)25(15(5)13-26)19(23)21(28)24(11-7-2)14(3)4/h6-7,14-19,26H,1-2,8-13H2,3-5H3/t15-,16+,17-,18+,19?,23?/m1/s1. The molecule has 2 unspecified atom stereocenters. The summed E-state index contributed by atoms with van der Waals surface area (Å²) < 4.78 is 11.7. The number of likely N-dealkylation sites (tertiary alicyclic amines) is 1. The molecule has 3 rings (SSSR count). The van der Waals surface area contributed by atoms with Gasteiger partial charge in [0, 0.05) is 12.6 Å². The van der Waals surface area contributed by atoms with Crippen LogP contribution in [0.2, 0.25) is 0 Å². The van der Waals surface area contributed by atoms with Gasteiger partial charge in [0.1, 0.15) is 11.6 Å². The number of nitrogens with zero attached hydrogens (tertiary/aromatic N) is 2. The van der Waals surface area contributed by atoms with E-state index in [1.165, 1.54) is 4.90 Å². The van der Waals surface area contributed by atoms with Crippen LogP contribution >= 0.6 is 0 Å². The lowest BCUT2D eigenvalue weighted by Gasteiger charge is -2.39. The van der Waals surface area contributed by atoms with E-state index in [2.05, 4.69) is 13.2 Å². The molecule has 3 saturated heterocycles. The molecule has 3 heterocycles. The molecular formula is C23H34N2O6. The van der Waals surface area contributed by atoms with Gasteiger partial charge in [0.15, 0.2) is 0 Å². The van der Waals surface area contributed by atoms with Crippen LogP contribution < -0.4 is 0 Å². The summed E-state index contributed by atoms with van der Waals surface area (Å²) >= 11 is 0. The predicted octanol–water partition coefficient (Wildman–Crippen LogP) is 1.28. The molecule has 6 atom stereocenters. The predicted molar refractivity (Wildman–Crippen MR) is 114 cm³/mol. The largest absolute Gasteiger partial charge is 0.465 e. The molecule has 3 aliphatic rings. The van der Waals surface area contributed by atoms with Crippen molar-refractivity contribution in [2.24, 2.45) is 11.8 Å². The number of ether oxygens (including phenoxy) is 2. The van der Waals surface area contributed by atoms with Crippen molar-refractivity contribution in [2.75, 3.05) is 19.8 Å². The average Bonchev–Trinajstić information content (AvgIpc) is 3.38. The first-order valence-electron chi connectivity index (χ1n) is 11.0. The van der Waals surface area contributed by atoms with E-state index >= 15 is 0 Å². The molecule has 0 aromatic carbocycles. The van der Waals surface area contributed by atoms with Gasteiger partial charge in [-0.3, -0.25) is 14.4 Å². The Balaban J connectivity index is 2.00. The molecule has 31 heavy (non-hydrogen) atoms. The third-order valence-electron chi connectivity index (χ3n) is 6.78. The number of rotatable bonds is 10. The maximum atomic E-state index is 13.8. The van der Waals surface area contributed by atoms with Gasteiger partial charge in [-0.15, -0.1) is 13.2 Å². The molecule has 0 saturated carbocycles. The maximum absolute atomic E-state index is 13.8. The molecule has 3 fully saturated rings. The number of aliphatic hydroxyl groups is 1. The lowest BCUT2D eigenvalue weighted by Crippen LogP contribution is -2.59. The normalized spacial score (nSPS) is 32.2. The Bertz CT molecular complexity index is 752. The van der Waals surface area contributed by atoms with E-state index in [-0.39, 0.29) is 31.1 Å². The zero-order valence-corrected chi connectivity index (χ0v) is 18.7. The SMILES string of the molecule is C=CCCOC(=O)[C@@H]1[C@@H]2CCC3(O2)C(C(=O)N(CC=C)C(C)C)N([C@H](C)CO)C(=O)[C@H]13. The van der Waals surface area contributed by atoms with E-state index in [9.17, 15) is 19.5 Å². The zero-order valence-electron chi connectivity index (χ0n) is 18.7. The Morgan fingerprint density at radius 2 is 2.06 bits per heavy atom. The molecule has 172 valence electrons. The monoisotopic (exact) mass is 434 g/mol. The Hall–Kier alpha value is -2.19. The van der Waals surface area contributed by atoms with Crippen LogP contribution in [0.5, 0.6) is 0 Å². The molecular weight excluding hydrogens is 400 g/mol. The molecule has 0 aromatic heterocycles. The minimum absolute atomic E-state index is 0.111. The van der Waals surface area contributed by atoms with Gasteiger partial charge in [-0.1, -0.05) is 12.2 Å². The number of fused-ring (bicyclic) bond motifs is 1. The molecule has 2 amide bonds. The molecule has 0 aromatic rings. The van der Waals surface area contributed by atoms with Gasteiger partial charge >= 0.3 is 5.97 Å². The van der Waals surface area contributed by atoms with Crippen LogP contribution in [-0.4, -0.2) is 82.3 Å². The lowest BCUT2D eigenvalue weighted by molar-refractivity contribution is -0.156. The molecule has 2 bridgehead atoms. The Morgan fingerprint density at radius 3 is 2.65 bits per heavy atom. The summed E-state index contributed by atoms with van der Waals surface area (Å²) in [5, 5.41) is 9.84. The molecule has 0 radical (unpaired) electrons. The van der Waals surface area contributed by atoms with E-state index in [0.717, 1.165) is 0 Å². The van der Waals surface area contributed by atoms with Crippen molar-refractivity contribution in [1.82, 2.24) is 9.80 Å². The van der Waals surface area contributed by atoms with Gasteiger partial charge in [-0.2, -0.15) is 0 Å². The second-order valence-corrected chi connectivity index (χ2v) is 8.95. The topological polar surface area (TPSA) is 96.4 Å². The fraction of sp³-hybridized carbons (Fsp3) is 0.696. The number of carbonyl (C=O) groups is 3. The van der Waals surface area contributed by atoms with Crippen LogP contribution in [0.4, 0.5) is 0 Å². The van der Waals surface area contributed by atoms with Crippen molar-refractivity contribution in [3.05, 3.63) is 25.3 Å². The molecule has 1 spiro atoms. The van der Waals surface area contributed by atoms with Crippen molar-refractivity contribution < 1.29 is 29.0 Å². The highest BCUT2D eigenvalue weighted by atomic mass is 16.6. The Kier molecular flexibility index (Phi) is 6.91. The number of hydrogen-bond donors (Lipinski definition) is 1. The second kappa shape index (κ2) is 9.12. The van der Waals surface area contributed by atoms with Crippen molar-refractivity contribution >= 4 is 17.8 Å². The first-order valence-corrected chi connectivity index (χ1v) is 11.0. The smallest absolute Gasteiger partial charge is 0.312 e. The molecule has 1 N–H and O–H groups in total. The fourth-order valence-corrected chi connectivity index (χ4v) is 5.39. The maximum Gasteiger partial charge on any atom is 0.312 e. The first-order chi connectivity index (χ1) is 14.7. The fourth-order valence-electron chi connectivity index (χ4n) is 5.39. The second-order valence-electron chi connectivity index (χ2n) is 8.95. The molecule has 0 aliphatic carbocycles. The minimum atomic E-state index is -1.08. The quantitative estimate of drug-likeness (QED) is 0.316. The highest BCUT2D eigenvalue weighted by Crippen LogP contribution is 2.59. The zero-order chi connectivity index (χ0) is 22.9.